The molecule has 0 aromatic carbocycles. The van der Waals surface area contributed by atoms with E-state index in [1.165, 1.54) is 25.7 Å². The van der Waals surface area contributed by atoms with Crippen molar-refractivity contribution < 1.29 is 9.90 Å². The Labute approximate surface area is 116 Å². The number of hydrogen-bond donors (Lipinski definition) is 1. The lowest BCUT2D eigenvalue weighted by Crippen LogP contribution is -2.06. The summed E-state index contributed by atoms with van der Waals surface area (Å²) >= 11 is 1.67. The molecule has 1 atom stereocenters. The lowest BCUT2D eigenvalue weighted by Gasteiger charge is -2.11. The molecule has 3 rings (SSSR count). The molecule has 0 amide bonds. The third-order valence-corrected chi connectivity index (χ3v) is 4.74. The second-order valence-electron chi connectivity index (χ2n) is 5.58. The molecule has 0 bridgehead atoms. The molecule has 2 aliphatic carbocycles. The maximum atomic E-state index is 10.6. The molecule has 1 unspecified atom stereocenters. The number of carbonyl (C=O) groups is 1. The monoisotopic (exact) mass is 281 g/mol. The summed E-state index contributed by atoms with van der Waals surface area (Å²) in [4.78, 5) is 10.6. The number of aliphatic carboxylic acids is 1. The summed E-state index contributed by atoms with van der Waals surface area (Å²) in [7, 11) is 0. The average Bonchev–Trinajstić information content (AvgIpc) is 3.26. The number of carboxylic acid groups (broad SMARTS) is 1. The zero-order chi connectivity index (χ0) is 13.4. The smallest absolute Gasteiger partial charge is 0.303 e. The highest BCUT2D eigenvalue weighted by Crippen LogP contribution is 2.46. The van der Waals surface area contributed by atoms with Crippen molar-refractivity contribution in [1.29, 1.82) is 0 Å². The molecule has 1 aromatic rings. The first kappa shape index (κ1) is 13.0. The minimum Gasteiger partial charge on any atom is -0.481 e. The van der Waals surface area contributed by atoms with E-state index in [0.717, 1.165) is 11.0 Å². The Hall–Kier alpha value is -1.04. The van der Waals surface area contributed by atoms with E-state index in [4.69, 9.17) is 5.11 Å². The van der Waals surface area contributed by atoms with E-state index < -0.39 is 5.97 Å². The van der Waals surface area contributed by atoms with Crippen LogP contribution in [0.15, 0.2) is 5.16 Å². The topological polar surface area (TPSA) is 68.0 Å². The van der Waals surface area contributed by atoms with Gasteiger partial charge in [0.15, 0.2) is 5.16 Å². The molecule has 1 N–H and O–H groups in total. The van der Waals surface area contributed by atoms with Crippen molar-refractivity contribution in [2.75, 3.05) is 0 Å². The van der Waals surface area contributed by atoms with Crippen molar-refractivity contribution in [3.63, 3.8) is 0 Å². The highest BCUT2D eigenvalue weighted by molar-refractivity contribution is 7.99. The minimum atomic E-state index is -0.727. The van der Waals surface area contributed by atoms with Crippen LogP contribution < -0.4 is 0 Å². The number of thioether (sulfide) groups is 1. The van der Waals surface area contributed by atoms with Crippen molar-refractivity contribution in [3.05, 3.63) is 5.82 Å². The molecular weight excluding hydrogens is 262 g/mol. The third-order valence-electron chi connectivity index (χ3n) is 3.62. The Balaban J connectivity index is 1.68. The lowest BCUT2D eigenvalue weighted by molar-refractivity contribution is -0.137. The van der Waals surface area contributed by atoms with Crippen LogP contribution in [0.3, 0.4) is 0 Å². The van der Waals surface area contributed by atoms with E-state index >= 15 is 0 Å². The number of rotatable bonds is 7. The van der Waals surface area contributed by atoms with Gasteiger partial charge >= 0.3 is 5.97 Å². The van der Waals surface area contributed by atoms with E-state index in [0.29, 0.717) is 18.4 Å². The number of nitrogens with zero attached hydrogens (tertiary/aromatic N) is 3. The van der Waals surface area contributed by atoms with Crippen molar-refractivity contribution in [2.45, 2.75) is 67.8 Å². The molecule has 2 fully saturated rings. The highest BCUT2D eigenvalue weighted by Gasteiger charge is 2.36. The van der Waals surface area contributed by atoms with E-state index in [1.54, 1.807) is 11.8 Å². The molecular formula is C13H19N3O2S. The largest absolute Gasteiger partial charge is 0.481 e. The second kappa shape index (κ2) is 5.15. The summed E-state index contributed by atoms with van der Waals surface area (Å²) in [5.74, 6) is 1.06. The molecule has 0 saturated heterocycles. The minimum absolute atomic E-state index is 0.223. The highest BCUT2D eigenvalue weighted by atomic mass is 32.2. The van der Waals surface area contributed by atoms with Crippen LogP contribution in [-0.4, -0.2) is 31.1 Å². The molecule has 2 aliphatic rings. The Morgan fingerprint density at radius 1 is 1.42 bits per heavy atom. The van der Waals surface area contributed by atoms with E-state index in [9.17, 15) is 4.79 Å². The van der Waals surface area contributed by atoms with Crippen molar-refractivity contribution in [3.8, 4) is 0 Å². The number of carboxylic acids is 1. The summed E-state index contributed by atoms with van der Waals surface area (Å²) in [6, 6.07) is 0.597. The molecule has 19 heavy (non-hydrogen) atoms. The standard InChI is InChI=1S/C13H19N3O2S/c1-8(2-7-11(17)18)19-13-15-14-12(9-3-4-9)16(13)10-5-6-10/h8-10H,2-7H2,1H3,(H,17,18). The van der Waals surface area contributed by atoms with Gasteiger partial charge < -0.3 is 9.67 Å². The molecule has 104 valence electrons. The van der Waals surface area contributed by atoms with Crippen LogP contribution in [0, 0.1) is 0 Å². The second-order valence-corrected chi connectivity index (χ2v) is 6.98. The van der Waals surface area contributed by atoms with Gasteiger partial charge in [-0.05, 0) is 32.1 Å². The molecule has 6 heteroatoms. The van der Waals surface area contributed by atoms with E-state index in [-0.39, 0.29) is 11.7 Å². The molecule has 0 aliphatic heterocycles. The van der Waals surface area contributed by atoms with Gasteiger partial charge in [0.1, 0.15) is 5.82 Å². The fourth-order valence-electron chi connectivity index (χ4n) is 2.23. The normalized spacial score (nSPS) is 20.5. The van der Waals surface area contributed by atoms with Crippen LogP contribution in [0.1, 0.15) is 63.2 Å². The first-order chi connectivity index (χ1) is 9.15. The Morgan fingerprint density at radius 3 is 2.74 bits per heavy atom. The van der Waals surface area contributed by atoms with Crippen LogP contribution in [0.5, 0.6) is 0 Å². The van der Waals surface area contributed by atoms with Crippen LogP contribution in [0.25, 0.3) is 0 Å². The van der Waals surface area contributed by atoms with Gasteiger partial charge in [-0.2, -0.15) is 0 Å². The van der Waals surface area contributed by atoms with E-state index in [2.05, 4.69) is 21.7 Å². The lowest BCUT2D eigenvalue weighted by atomic mass is 10.2. The molecule has 5 nitrogen and oxygen atoms in total. The number of hydrogen-bond acceptors (Lipinski definition) is 4. The summed E-state index contributed by atoms with van der Waals surface area (Å²) in [6.45, 7) is 2.07. The third kappa shape index (κ3) is 3.11. The maximum Gasteiger partial charge on any atom is 0.303 e. The SMILES string of the molecule is CC(CCC(=O)O)Sc1nnc(C2CC2)n1C1CC1. The summed E-state index contributed by atoms with van der Waals surface area (Å²) in [5.41, 5.74) is 0. The van der Waals surface area contributed by atoms with Crippen LogP contribution in [0.4, 0.5) is 0 Å². The van der Waals surface area contributed by atoms with Gasteiger partial charge in [0.25, 0.3) is 0 Å². The van der Waals surface area contributed by atoms with Gasteiger partial charge in [-0.25, -0.2) is 0 Å². The summed E-state index contributed by atoms with van der Waals surface area (Å²) < 4.78 is 2.32. The van der Waals surface area contributed by atoms with Gasteiger partial charge in [-0.3, -0.25) is 4.79 Å². The van der Waals surface area contributed by atoms with Crippen molar-refractivity contribution in [2.24, 2.45) is 0 Å². The van der Waals surface area contributed by atoms with Crippen LogP contribution in [-0.2, 0) is 4.79 Å². The predicted octanol–water partition coefficient (Wildman–Crippen LogP) is 2.84. The van der Waals surface area contributed by atoms with Gasteiger partial charge in [-0.15, -0.1) is 10.2 Å². The van der Waals surface area contributed by atoms with Crippen LogP contribution in [0.2, 0.25) is 0 Å². The van der Waals surface area contributed by atoms with Crippen molar-refractivity contribution in [1.82, 2.24) is 14.8 Å². The van der Waals surface area contributed by atoms with Gasteiger partial charge in [0.2, 0.25) is 0 Å². The fraction of sp³-hybridized carbons (Fsp3) is 0.769. The predicted molar refractivity (Wildman–Crippen MR) is 72.5 cm³/mol. The first-order valence-electron chi connectivity index (χ1n) is 6.98. The quantitative estimate of drug-likeness (QED) is 0.778. The molecule has 0 spiro atoms. The average molecular weight is 281 g/mol. The van der Waals surface area contributed by atoms with Crippen LogP contribution >= 0.6 is 11.8 Å². The zero-order valence-electron chi connectivity index (χ0n) is 11.1. The molecule has 1 heterocycles. The number of aromatic nitrogens is 3. The Kier molecular flexibility index (Phi) is 3.52. The molecule has 2 saturated carbocycles. The summed E-state index contributed by atoms with van der Waals surface area (Å²) in [5, 5.41) is 18.7. The maximum absolute atomic E-state index is 10.6. The van der Waals surface area contributed by atoms with Gasteiger partial charge in [0.05, 0.1) is 0 Å². The molecule has 1 aromatic heterocycles. The zero-order valence-corrected chi connectivity index (χ0v) is 11.9. The Morgan fingerprint density at radius 2 is 2.16 bits per heavy atom. The van der Waals surface area contributed by atoms with Crippen molar-refractivity contribution >= 4 is 17.7 Å². The van der Waals surface area contributed by atoms with Gasteiger partial charge in [0, 0.05) is 23.6 Å². The fourth-order valence-corrected chi connectivity index (χ4v) is 3.27. The Bertz CT molecular complexity index is 480. The van der Waals surface area contributed by atoms with Gasteiger partial charge in [-0.1, -0.05) is 18.7 Å². The molecule has 0 radical (unpaired) electrons. The van der Waals surface area contributed by atoms with E-state index in [1.807, 2.05) is 0 Å². The first-order valence-corrected chi connectivity index (χ1v) is 7.86. The summed E-state index contributed by atoms with van der Waals surface area (Å²) in [6.07, 6.45) is 5.84.